The van der Waals surface area contributed by atoms with E-state index in [1.807, 2.05) is 6.07 Å². The number of fused-ring (bicyclic) bond motifs is 19. The van der Waals surface area contributed by atoms with E-state index >= 15 is 0 Å². The largest absolute Gasteiger partial charge is 0.456 e. The maximum absolute atomic E-state index is 6.74. The molecule has 30 aromatic rings. The normalized spacial score (nSPS) is 11.7. The Hall–Kier alpha value is -19.3. The molecular weight excluding hydrogens is 1780 g/mol. The van der Waals surface area contributed by atoms with E-state index in [0.717, 1.165) is 93.6 Å². The van der Waals surface area contributed by atoms with Crippen LogP contribution >= 0.6 is 0 Å². The first-order valence-corrected chi connectivity index (χ1v) is 50.6. The van der Waals surface area contributed by atoms with Crippen LogP contribution < -0.4 is 0 Å². The highest BCUT2D eigenvalue weighted by atomic mass is 16.3. The van der Waals surface area contributed by atoms with Crippen LogP contribution in [0.2, 0.25) is 0 Å². The topological polar surface area (TPSA) is 39.4 Å². The van der Waals surface area contributed by atoms with E-state index in [9.17, 15) is 0 Å². The fourth-order valence-corrected chi connectivity index (χ4v) is 23.8. The van der Waals surface area contributed by atoms with Crippen molar-refractivity contribution in [1.82, 2.24) is 0 Å². The van der Waals surface area contributed by atoms with Gasteiger partial charge in [0.2, 0.25) is 0 Å². The standard InChI is InChI=1S/C56H34O.2C44H28O/c1-3-19-38-35(16-1)18-15-30-40(38)37-33-51(56-49-29-13-14-31-52(49)57-53(56)34-37)55-47-27-11-9-25-45(47)54(46-26-10-12-28-48(46)55)44-24-8-7-23-43(44)50-32-36-17-2-4-20-39(36)41-21-5-6-22-42(41)50;1-3-15-29(16-4-1)32-19-7-8-21-34(32)43-37-24-11-9-22-35(37)42(36-23-10-12-25-38(36)43)31-27-39(30-17-5-2-6-18-30)44-40(28-31)33-20-13-14-26-41(33)45-44;1-3-14-29(15-4-1)32-18-7-8-19-34(32)43-37-22-11-9-20-35(37)42(36-21-10-12-23-38(36)43)31-26-27-41-40(28-31)39-25-13-24-33(44(39)45-41)30-16-5-2-6-17-30/h1-34H;2*1-28H. The highest BCUT2D eigenvalue weighted by Gasteiger charge is 2.29. The molecular formula is C144H90O3. The third-order valence-corrected chi connectivity index (χ3v) is 30.2. The minimum atomic E-state index is 0.891. The van der Waals surface area contributed by atoms with Crippen molar-refractivity contribution in [2.45, 2.75) is 0 Å². The third-order valence-electron chi connectivity index (χ3n) is 30.2. The second-order valence-corrected chi connectivity index (χ2v) is 38.3. The Balaban J connectivity index is 0.000000108. The molecule has 0 amide bonds. The van der Waals surface area contributed by atoms with Crippen molar-refractivity contribution in [3.8, 4) is 134 Å². The lowest BCUT2D eigenvalue weighted by Crippen LogP contribution is -1.94. The van der Waals surface area contributed by atoms with Crippen LogP contribution in [0, 0.1) is 0 Å². The quantitative estimate of drug-likeness (QED) is 0.0904. The number of benzene rings is 27. The molecule has 30 rings (SSSR count). The highest BCUT2D eigenvalue weighted by molar-refractivity contribution is 6.30. The van der Waals surface area contributed by atoms with Crippen molar-refractivity contribution in [3.05, 3.63) is 546 Å². The van der Waals surface area contributed by atoms with Crippen LogP contribution in [-0.2, 0) is 0 Å². The molecule has 0 saturated heterocycles. The Kier molecular flexibility index (Phi) is 21.0. The Labute approximate surface area is 849 Å². The van der Waals surface area contributed by atoms with Crippen LogP contribution in [0.15, 0.2) is 559 Å². The molecule has 0 atom stereocenters. The molecule has 0 aliphatic rings. The summed E-state index contributed by atoms with van der Waals surface area (Å²) in [6, 6.07) is 197. The second kappa shape index (κ2) is 36.0. The van der Waals surface area contributed by atoms with Crippen LogP contribution in [0.4, 0.5) is 0 Å². The molecule has 0 unspecified atom stereocenters. The van der Waals surface area contributed by atoms with Crippen molar-refractivity contribution in [2.75, 3.05) is 0 Å². The SMILES string of the molecule is c1ccc(-c2cc3ccccc3c3ccccc23)c(-c2c3ccccc3c(-c3cc(-c4cccc5ccccc45)cc4oc5ccccc5c34)c3ccccc23)c1.c1ccc(-c2ccccc2-c2c3ccccc3c(-c3cc(-c4ccccc4)c4oc5ccccc5c4c3)c3ccccc23)cc1.c1ccc(-c2ccccc2-c2c3ccccc3c(-c3ccc4oc5c(-c6ccccc6)cccc5c4c3)c3ccccc23)cc1. The fourth-order valence-electron chi connectivity index (χ4n) is 23.8. The first kappa shape index (κ1) is 85.6. The monoisotopic (exact) mass is 1870 g/mol. The molecule has 0 saturated carbocycles. The lowest BCUT2D eigenvalue weighted by atomic mass is 9.82. The summed E-state index contributed by atoms with van der Waals surface area (Å²) in [6.07, 6.45) is 0. The second-order valence-electron chi connectivity index (χ2n) is 38.3. The van der Waals surface area contributed by atoms with E-state index in [-0.39, 0.29) is 0 Å². The van der Waals surface area contributed by atoms with Crippen molar-refractivity contribution < 1.29 is 13.3 Å². The lowest BCUT2D eigenvalue weighted by Gasteiger charge is -2.21. The summed E-state index contributed by atoms with van der Waals surface area (Å²) in [6.45, 7) is 0. The summed E-state index contributed by atoms with van der Waals surface area (Å²) in [5.74, 6) is 0. The molecule has 3 heterocycles. The highest BCUT2D eigenvalue weighted by Crippen LogP contribution is 2.55. The summed E-state index contributed by atoms with van der Waals surface area (Å²) in [5.41, 5.74) is 34.4. The summed E-state index contributed by atoms with van der Waals surface area (Å²) >= 11 is 0. The molecule has 684 valence electrons. The van der Waals surface area contributed by atoms with E-state index in [0.29, 0.717) is 0 Å². The van der Waals surface area contributed by atoms with Gasteiger partial charge in [0, 0.05) is 43.4 Å². The minimum absolute atomic E-state index is 0.891. The van der Waals surface area contributed by atoms with Crippen LogP contribution in [-0.4, -0.2) is 0 Å². The molecule has 147 heavy (non-hydrogen) atoms. The third kappa shape index (κ3) is 14.6. The molecule has 0 aliphatic carbocycles. The zero-order chi connectivity index (χ0) is 96.9. The molecule has 0 N–H and O–H groups in total. The van der Waals surface area contributed by atoms with Crippen molar-refractivity contribution in [2.24, 2.45) is 0 Å². The molecule has 3 heteroatoms. The van der Waals surface area contributed by atoms with Crippen LogP contribution in [0.5, 0.6) is 0 Å². The fraction of sp³-hybridized carbons (Fsp3) is 0. The molecule has 0 radical (unpaired) electrons. The number of furan rings is 3. The number of hydrogen-bond donors (Lipinski definition) is 0. The molecule has 3 nitrogen and oxygen atoms in total. The number of rotatable bonds is 12. The zero-order valence-corrected chi connectivity index (χ0v) is 80.2. The first-order valence-electron chi connectivity index (χ1n) is 50.6. The summed E-state index contributed by atoms with van der Waals surface area (Å²) in [5, 5.41) is 29.1. The average Bonchev–Trinajstić information content (AvgIpc) is 1.44. The molecule has 27 aromatic carbocycles. The first-order chi connectivity index (χ1) is 73.0. The maximum atomic E-state index is 6.74. The van der Waals surface area contributed by atoms with Gasteiger partial charge in [0.05, 0.1) is 0 Å². The van der Waals surface area contributed by atoms with E-state index in [1.54, 1.807) is 0 Å². The van der Waals surface area contributed by atoms with Gasteiger partial charge < -0.3 is 13.3 Å². The van der Waals surface area contributed by atoms with E-state index < -0.39 is 0 Å². The van der Waals surface area contributed by atoms with Gasteiger partial charge in [-0.1, -0.05) is 491 Å². The van der Waals surface area contributed by atoms with E-state index in [2.05, 4.69) is 540 Å². The lowest BCUT2D eigenvalue weighted by molar-refractivity contribution is 0.669. The molecule has 3 aromatic heterocycles. The van der Waals surface area contributed by atoms with Gasteiger partial charge >= 0.3 is 0 Å². The Morgan fingerprint density at radius 1 is 0.102 bits per heavy atom. The van der Waals surface area contributed by atoms with Crippen molar-refractivity contribution in [1.29, 1.82) is 0 Å². The summed E-state index contributed by atoms with van der Waals surface area (Å²) in [7, 11) is 0. The Bertz CT molecular complexity index is 10300. The Morgan fingerprint density at radius 2 is 0.415 bits per heavy atom. The van der Waals surface area contributed by atoms with Gasteiger partial charge in [-0.05, 0) is 274 Å². The van der Waals surface area contributed by atoms with E-state index in [1.165, 1.54) is 203 Å². The average molecular weight is 1870 g/mol. The molecule has 0 spiro atoms. The van der Waals surface area contributed by atoms with Crippen molar-refractivity contribution >= 4 is 163 Å². The van der Waals surface area contributed by atoms with Gasteiger partial charge in [0.1, 0.15) is 33.5 Å². The van der Waals surface area contributed by atoms with Gasteiger partial charge in [0.15, 0.2) is 0 Å². The maximum Gasteiger partial charge on any atom is 0.143 e. The minimum Gasteiger partial charge on any atom is -0.456 e. The number of hydrogen-bond acceptors (Lipinski definition) is 3. The van der Waals surface area contributed by atoms with Crippen molar-refractivity contribution in [3.63, 3.8) is 0 Å². The van der Waals surface area contributed by atoms with Gasteiger partial charge in [-0.15, -0.1) is 0 Å². The van der Waals surface area contributed by atoms with Crippen LogP contribution in [0.1, 0.15) is 0 Å². The molecule has 0 bridgehead atoms. The number of para-hydroxylation sites is 3. The Morgan fingerprint density at radius 3 is 0.925 bits per heavy atom. The molecule has 0 aliphatic heterocycles. The van der Waals surface area contributed by atoms with Gasteiger partial charge in [-0.25, -0.2) is 0 Å². The zero-order valence-electron chi connectivity index (χ0n) is 80.2. The summed E-state index contributed by atoms with van der Waals surface area (Å²) < 4.78 is 19.8. The molecule has 0 fully saturated rings. The predicted octanol–water partition coefficient (Wildman–Crippen LogP) is 41.1. The van der Waals surface area contributed by atoms with Crippen LogP contribution in [0.3, 0.4) is 0 Å². The van der Waals surface area contributed by atoms with Crippen LogP contribution in [0.25, 0.3) is 296 Å². The van der Waals surface area contributed by atoms with Gasteiger partial charge in [-0.3, -0.25) is 0 Å². The smallest absolute Gasteiger partial charge is 0.143 e. The predicted molar refractivity (Wildman–Crippen MR) is 624 cm³/mol. The van der Waals surface area contributed by atoms with Gasteiger partial charge in [-0.2, -0.15) is 0 Å². The summed E-state index contributed by atoms with van der Waals surface area (Å²) in [4.78, 5) is 0. The van der Waals surface area contributed by atoms with Gasteiger partial charge in [0.25, 0.3) is 0 Å². The van der Waals surface area contributed by atoms with E-state index in [4.69, 9.17) is 13.3 Å².